The number of para-hydroxylation sites is 1. The molecule has 0 N–H and O–H groups in total. The van der Waals surface area contributed by atoms with Crippen molar-refractivity contribution in [3.63, 3.8) is 0 Å². The van der Waals surface area contributed by atoms with E-state index < -0.39 is 0 Å². The number of allylic oxidation sites excluding steroid dienone is 7. The Balaban J connectivity index is 1.20. The van der Waals surface area contributed by atoms with Crippen LogP contribution in [-0.2, 0) is 6.42 Å². The van der Waals surface area contributed by atoms with E-state index in [1.165, 1.54) is 10.9 Å². The molecule has 2 heterocycles. The van der Waals surface area contributed by atoms with Gasteiger partial charge in [0.05, 0.1) is 46.8 Å². The van der Waals surface area contributed by atoms with Gasteiger partial charge in [-0.2, -0.15) is 15.8 Å². The number of hydrogen-bond acceptors (Lipinski definition) is 4. The molecule has 9 rings (SSSR count). The summed E-state index contributed by atoms with van der Waals surface area (Å²) in [7, 11) is 0. The Morgan fingerprint density at radius 1 is 0.784 bits per heavy atom. The third-order valence-corrected chi connectivity index (χ3v) is 10.8. The largest absolute Gasteiger partial charge is 0.333 e. The molecule has 4 unspecified atom stereocenters. The average molecular weight is 656 g/mol. The SMILES string of the molecule is CC1C=C(c2cccc(-n3c4c(c5ccccc53)CC(C#N)C=C4)c2)C(c2cc(C#N)ccc2N2c3cccc(C#N)c3C3C=CC=CC32)=CC1. The topological polar surface area (TPSA) is 79.5 Å². The number of benzene rings is 4. The predicted molar refractivity (Wildman–Crippen MR) is 204 cm³/mol. The summed E-state index contributed by atoms with van der Waals surface area (Å²) in [6, 6.07) is 36.5. The Kier molecular flexibility index (Phi) is 7.20. The summed E-state index contributed by atoms with van der Waals surface area (Å²) in [5.41, 5.74) is 13.3. The second-order valence-corrected chi connectivity index (χ2v) is 13.8. The van der Waals surface area contributed by atoms with Gasteiger partial charge in [-0.1, -0.05) is 85.9 Å². The first-order valence-electron chi connectivity index (χ1n) is 17.5. The number of hydrogen-bond donors (Lipinski definition) is 0. The molecule has 242 valence electrons. The van der Waals surface area contributed by atoms with Crippen LogP contribution >= 0.6 is 0 Å². The van der Waals surface area contributed by atoms with Gasteiger partial charge in [-0.25, -0.2) is 0 Å². The summed E-state index contributed by atoms with van der Waals surface area (Å²) in [6.45, 7) is 2.25. The van der Waals surface area contributed by atoms with Gasteiger partial charge < -0.3 is 9.47 Å². The van der Waals surface area contributed by atoms with Crippen molar-refractivity contribution in [2.24, 2.45) is 11.8 Å². The molecule has 0 bridgehead atoms. The molecule has 0 radical (unpaired) electrons. The minimum absolute atomic E-state index is 0.00643. The van der Waals surface area contributed by atoms with Crippen molar-refractivity contribution in [2.75, 3.05) is 4.90 Å². The van der Waals surface area contributed by atoms with Crippen LogP contribution < -0.4 is 4.90 Å². The fraction of sp³-hybridized carbons (Fsp3) is 0.152. The van der Waals surface area contributed by atoms with E-state index in [0.29, 0.717) is 23.5 Å². The van der Waals surface area contributed by atoms with Gasteiger partial charge >= 0.3 is 0 Å². The van der Waals surface area contributed by atoms with Crippen LogP contribution in [0.4, 0.5) is 11.4 Å². The molecule has 4 aliphatic rings. The zero-order valence-corrected chi connectivity index (χ0v) is 28.2. The highest BCUT2D eigenvalue weighted by molar-refractivity contribution is 6.09. The molecule has 4 atom stereocenters. The first-order chi connectivity index (χ1) is 25.1. The predicted octanol–water partition coefficient (Wildman–Crippen LogP) is 10.3. The van der Waals surface area contributed by atoms with Gasteiger partial charge in [0.2, 0.25) is 0 Å². The summed E-state index contributed by atoms with van der Waals surface area (Å²) in [5, 5.41) is 31.2. The lowest BCUT2D eigenvalue weighted by Crippen LogP contribution is -2.29. The van der Waals surface area contributed by atoms with Gasteiger partial charge in [0.1, 0.15) is 0 Å². The molecule has 5 aromatic rings. The molecular weight excluding hydrogens is 623 g/mol. The third kappa shape index (κ3) is 4.80. The van der Waals surface area contributed by atoms with Gasteiger partial charge in [-0.15, -0.1) is 0 Å². The Morgan fingerprint density at radius 3 is 2.51 bits per heavy atom. The quantitative estimate of drug-likeness (QED) is 0.193. The molecule has 0 fully saturated rings. The number of rotatable bonds is 4. The van der Waals surface area contributed by atoms with Crippen LogP contribution in [0, 0.1) is 45.8 Å². The molecule has 0 spiro atoms. The Morgan fingerprint density at radius 2 is 1.65 bits per heavy atom. The monoisotopic (exact) mass is 655 g/mol. The molecule has 1 aromatic heterocycles. The number of nitriles is 3. The van der Waals surface area contributed by atoms with Crippen molar-refractivity contribution in [3.8, 4) is 23.9 Å². The van der Waals surface area contributed by atoms with Crippen molar-refractivity contribution >= 4 is 39.5 Å². The van der Waals surface area contributed by atoms with Gasteiger partial charge in [-0.3, -0.25) is 0 Å². The van der Waals surface area contributed by atoms with Gasteiger partial charge in [0, 0.05) is 45.2 Å². The van der Waals surface area contributed by atoms with Crippen molar-refractivity contribution in [1.82, 2.24) is 4.57 Å². The number of fused-ring (bicyclic) bond motifs is 6. The number of aromatic nitrogens is 1. The summed E-state index contributed by atoms with van der Waals surface area (Å²) in [4.78, 5) is 2.36. The molecule has 0 saturated carbocycles. The van der Waals surface area contributed by atoms with E-state index >= 15 is 0 Å². The molecular formula is C46H33N5. The summed E-state index contributed by atoms with van der Waals surface area (Å²) < 4.78 is 2.33. The zero-order valence-electron chi connectivity index (χ0n) is 28.2. The maximum absolute atomic E-state index is 10.1. The molecule has 1 aliphatic heterocycles. The minimum atomic E-state index is -0.132. The maximum atomic E-state index is 10.1. The smallest absolute Gasteiger partial charge is 0.0995 e. The fourth-order valence-electron chi connectivity index (χ4n) is 8.56. The van der Waals surface area contributed by atoms with Crippen molar-refractivity contribution in [2.45, 2.75) is 31.7 Å². The molecule has 5 nitrogen and oxygen atoms in total. The normalized spacial score (nSPS) is 21.2. The van der Waals surface area contributed by atoms with E-state index in [1.807, 2.05) is 30.3 Å². The van der Waals surface area contributed by atoms with E-state index in [0.717, 1.165) is 62.5 Å². The second kappa shape index (κ2) is 12.1. The van der Waals surface area contributed by atoms with Gasteiger partial charge in [0.15, 0.2) is 0 Å². The summed E-state index contributed by atoms with van der Waals surface area (Å²) in [5.74, 6) is 0.256. The van der Waals surface area contributed by atoms with Gasteiger partial charge in [-0.05, 0) is 95.6 Å². The first kappa shape index (κ1) is 30.4. The maximum Gasteiger partial charge on any atom is 0.0995 e. The Hall–Kier alpha value is -6.61. The lowest BCUT2D eigenvalue weighted by molar-refractivity contribution is 0.739. The Labute approximate surface area is 297 Å². The van der Waals surface area contributed by atoms with Crippen LogP contribution in [0.5, 0.6) is 0 Å². The van der Waals surface area contributed by atoms with Crippen LogP contribution in [-0.4, -0.2) is 10.6 Å². The second-order valence-electron chi connectivity index (χ2n) is 13.8. The lowest BCUT2D eigenvalue weighted by Gasteiger charge is -2.32. The molecule has 0 amide bonds. The van der Waals surface area contributed by atoms with Crippen LogP contribution in [0.3, 0.4) is 0 Å². The molecule has 3 aliphatic carbocycles. The highest BCUT2D eigenvalue weighted by atomic mass is 15.2. The van der Waals surface area contributed by atoms with Crippen LogP contribution in [0.25, 0.3) is 33.8 Å². The molecule has 5 heteroatoms. The first-order valence-corrected chi connectivity index (χ1v) is 17.5. The van der Waals surface area contributed by atoms with Gasteiger partial charge in [0.25, 0.3) is 0 Å². The fourth-order valence-corrected chi connectivity index (χ4v) is 8.56. The van der Waals surface area contributed by atoms with E-state index in [4.69, 9.17) is 0 Å². The van der Waals surface area contributed by atoms with E-state index in [9.17, 15) is 15.8 Å². The molecule has 4 aromatic carbocycles. The van der Waals surface area contributed by atoms with Crippen LogP contribution in [0.15, 0.2) is 127 Å². The van der Waals surface area contributed by atoms with E-state index in [-0.39, 0.29) is 17.9 Å². The lowest BCUT2D eigenvalue weighted by atomic mass is 9.82. The zero-order chi connectivity index (χ0) is 34.6. The van der Waals surface area contributed by atoms with E-state index in [1.54, 1.807) is 0 Å². The van der Waals surface area contributed by atoms with Crippen molar-refractivity contribution in [1.29, 1.82) is 15.8 Å². The Bertz CT molecular complexity index is 2570. The summed E-state index contributed by atoms with van der Waals surface area (Å²) in [6.07, 6.45) is 19.0. The average Bonchev–Trinajstić information content (AvgIpc) is 3.70. The van der Waals surface area contributed by atoms with Crippen LogP contribution in [0.1, 0.15) is 58.3 Å². The number of nitrogens with zero attached hydrogens (tertiary/aromatic N) is 5. The molecule has 51 heavy (non-hydrogen) atoms. The highest BCUT2D eigenvalue weighted by Gasteiger charge is 2.40. The van der Waals surface area contributed by atoms with E-state index in [2.05, 4.69) is 138 Å². The minimum Gasteiger partial charge on any atom is -0.333 e. The van der Waals surface area contributed by atoms with Crippen molar-refractivity contribution < 1.29 is 0 Å². The molecule has 0 saturated heterocycles. The van der Waals surface area contributed by atoms with Crippen molar-refractivity contribution in [3.05, 3.63) is 167 Å². The highest BCUT2D eigenvalue weighted by Crippen LogP contribution is 2.52. The standard InChI is InChI=1S/C46H33N5/c1-29-16-19-35(39-23-30(26-47)18-21-44(39)51-42-14-5-3-12-37(42)46-33(28-49)9-7-15-45(46)51)38(22-29)32-8-6-10-34(25-32)50-41-13-4-2-11-36(41)40-24-31(27-48)17-20-43(40)50/h2-15,17-23,25,29,31,37,42H,16,24H2,1H3. The van der Waals surface area contributed by atoms with Crippen LogP contribution in [0.2, 0.25) is 0 Å². The summed E-state index contributed by atoms with van der Waals surface area (Å²) >= 11 is 0. The third-order valence-electron chi connectivity index (χ3n) is 10.8. The number of anilines is 2.